The average Bonchev–Trinajstić information content (AvgIpc) is 3.08. The normalized spacial score (nSPS) is 24.9. The molecule has 0 bridgehead atoms. The lowest BCUT2D eigenvalue weighted by molar-refractivity contribution is -0.141. The summed E-state index contributed by atoms with van der Waals surface area (Å²) in [6, 6.07) is 0.818. The highest BCUT2D eigenvalue weighted by Crippen LogP contribution is 2.34. The fourth-order valence-corrected chi connectivity index (χ4v) is 4.53. The Labute approximate surface area is 137 Å². The number of hydrogen-bond acceptors (Lipinski definition) is 4. The first-order valence-corrected chi connectivity index (χ1v) is 9.48. The Morgan fingerprint density at radius 3 is 2.64 bits per heavy atom. The van der Waals surface area contributed by atoms with Crippen LogP contribution in [0.1, 0.15) is 57.0 Å². The van der Waals surface area contributed by atoms with Crippen molar-refractivity contribution in [2.75, 3.05) is 19.6 Å². The van der Waals surface area contributed by atoms with E-state index in [0.717, 1.165) is 50.3 Å². The highest BCUT2D eigenvalue weighted by atomic mass is 32.1. The number of carbonyl (C=O) groups excluding carboxylic acids is 1. The van der Waals surface area contributed by atoms with Gasteiger partial charge >= 0.3 is 0 Å². The number of aromatic nitrogens is 1. The largest absolute Gasteiger partial charge is 0.333 e. The molecule has 1 atom stereocenters. The van der Waals surface area contributed by atoms with Crippen LogP contribution in [0.5, 0.6) is 0 Å². The zero-order valence-corrected chi connectivity index (χ0v) is 14.5. The molecule has 2 aliphatic heterocycles. The highest BCUT2D eigenvalue weighted by Gasteiger charge is 2.35. The smallest absolute Gasteiger partial charge is 0.226 e. The van der Waals surface area contributed by atoms with Crippen LogP contribution in [0.3, 0.4) is 0 Å². The molecule has 2 fully saturated rings. The predicted octanol–water partition coefficient (Wildman–Crippen LogP) is 3.32. The Morgan fingerprint density at radius 2 is 2.00 bits per heavy atom. The summed E-state index contributed by atoms with van der Waals surface area (Å²) in [4.78, 5) is 22.1. The molecule has 5 heteroatoms. The van der Waals surface area contributed by atoms with Gasteiger partial charge in [0.15, 0.2) is 0 Å². The van der Waals surface area contributed by atoms with Crippen LogP contribution in [-0.2, 0) is 4.79 Å². The Bertz CT molecular complexity index is 480. The first kappa shape index (κ1) is 15.9. The average molecular weight is 321 g/mol. The van der Waals surface area contributed by atoms with Crippen molar-refractivity contribution < 1.29 is 4.79 Å². The minimum Gasteiger partial charge on any atom is -0.333 e. The summed E-state index contributed by atoms with van der Waals surface area (Å²) < 4.78 is 0. The zero-order chi connectivity index (χ0) is 15.5. The van der Waals surface area contributed by atoms with Crippen molar-refractivity contribution >= 4 is 17.2 Å². The van der Waals surface area contributed by atoms with E-state index < -0.39 is 0 Å². The molecular weight excluding hydrogens is 294 g/mol. The lowest BCUT2D eigenvalue weighted by Crippen LogP contribution is -2.46. The first-order valence-electron chi connectivity index (χ1n) is 8.60. The minimum atomic E-state index is 0.218. The fourth-order valence-electron chi connectivity index (χ4n) is 3.75. The summed E-state index contributed by atoms with van der Waals surface area (Å²) >= 11 is 1.69. The van der Waals surface area contributed by atoms with Crippen molar-refractivity contribution in [2.45, 2.75) is 58.0 Å². The van der Waals surface area contributed by atoms with Crippen LogP contribution in [0.25, 0.3) is 0 Å². The molecule has 0 spiro atoms. The maximum atomic E-state index is 13.0. The number of hydrogen-bond donors (Lipinski definition) is 0. The zero-order valence-electron chi connectivity index (χ0n) is 13.7. The van der Waals surface area contributed by atoms with Gasteiger partial charge in [-0.15, -0.1) is 11.3 Å². The van der Waals surface area contributed by atoms with Crippen molar-refractivity contribution in [1.82, 2.24) is 14.8 Å². The third-order valence-electron chi connectivity index (χ3n) is 5.13. The lowest BCUT2D eigenvalue weighted by Gasteiger charge is -2.40. The molecule has 0 N–H and O–H groups in total. The second-order valence-corrected chi connectivity index (χ2v) is 7.74. The van der Waals surface area contributed by atoms with Crippen LogP contribution >= 0.6 is 11.3 Å². The summed E-state index contributed by atoms with van der Waals surface area (Å²) in [6.07, 6.45) is 7.30. The van der Waals surface area contributed by atoms with Gasteiger partial charge in [0.2, 0.25) is 5.91 Å². The van der Waals surface area contributed by atoms with Crippen LogP contribution in [0.15, 0.2) is 11.6 Å². The van der Waals surface area contributed by atoms with Crippen LogP contribution < -0.4 is 0 Å². The molecule has 1 aromatic heterocycles. The second kappa shape index (κ2) is 7.09. The number of piperidine rings is 2. The van der Waals surface area contributed by atoms with Gasteiger partial charge in [0.25, 0.3) is 0 Å². The van der Waals surface area contributed by atoms with Gasteiger partial charge in [-0.3, -0.25) is 4.79 Å². The van der Waals surface area contributed by atoms with Gasteiger partial charge in [0.1, 0.15) is 5.01 Å². The monoisotopic (exact) mass is 321 g/mol. The SMILES string of the molecule is CC(C)N1CCC(C(=O)N2CCCC[C@@H]2c2nccs2)CC1. The van der Waals surface area contributed by atoms with E-state index in [2.05, 4.69) is 28.6 Å². The number of likely N-dealkylation sites (tertiary alicyclic amines) is 2. The van der Waals surface area contributed by atoms with Crippen LogP contribution in [0.4, 0.5) is 0 Å². The summed E-state index contributed by atoms with van der Waals surface area (Å²) in [7, 11) is 0. The summed E-state index contributed by atoms with van der Waals surface area (Å²) in [5.41, 5.74) is 0. The van der Waals surface area contributed by atoms with Crippen molar-refractivity contribution in [1.29, 1.82) is 0 Å². The van der Waals surface area contributed by atoms with E-state index in [9.17, 15) is 4.79 Å². The van der Waals surface area contributed by atoms with Crippen LogP contribution in [-0.4, -0.2) is 46.4 Å². The molecule has 0 unspecified atom stereocenters. The summed E-state index contributed by atoms with van der Waals surface area (Å²) in [5, 5.41) is 3.14. The van der Waals surface area contributed by atoms with Crippen molar-refractivity contribution in [3.05, 3.63) is 16.6 Å². The molecular formula is C17H27N3OS. The molecule has 22 heavy (non-hydrogen) atoms. The number of nitrogens with zero attached hydrogens (tertiary/aromatic N) is 3. The van der Waals surface area contributed by atoms with Gasteiger partial charge in [-0.05, 0) is 59.0 Å². The molecule has 4 nitrogen and oxygen atoms in total. The van der Waals surface area contributed by atoms with Crippen molar-refractivity contribution in [2.24, 2.45) is 5.92 Å². The molecule has 122 valence electrons. The number of carbonyl (C=O) groups is 1. The Kier molecular flexibility index (Phi) is 5.14. The van der Waals surface area contributed by atoms with Gasteiger partial charge < -0.3 is 9.80 Å². The van der Waals surface area contributed by atoms with E-state index in [0.29, 0.717) is 11.9 Å². The Hall–Kier alpha value is -0.940. The number of thiazole rings is 1. The van der Waals surface area contributed by atoms with Gasteiger partial charge in [0, 0.05) is 30.1 Å². The maximum Gasteiger partial charge on any atom is 0.226 e. The first-order chi connectivity index (χ1) is 10.7. The van der Waals surface area contributed by atoms with Gasteiger partial charge in [-0.1, -0.05) is 0 Å². The fraction of sp³-hybridized carbons (Fsp3) is 0.765. The number of amides is 1. The summed E-state index contributed by atoms with van der Waals surface area (Å²) in [5.74, 6) is 0.596. The van der Waals surface area contributed by atoms with E-state index in [-0.39, 0.29) is 12.0 Å². The number of rotatable bonds is 3. The maximum absolute atomic E-state index is 13.0. The van der Waals surface area contributed by atoms with E-state index >= 15 is 0 Å². The van der Waals surface area contributed by atoms with E-state index in [4.69, 9.17) is 0 Å². The molecule has 3 rings (SSSR count). The standard InChI is InChI=1S/C17H27N3OS/c1-13(2)19-10-6-14(7-11-19)17(21)20-9-4-3-5-15(20)16-18-8-12-22-16/h8,12-15H,3-7,9-11H2,1-2H3/t15-/m1/s1. The molecule has 1 amide bonds. The Balaban J connectivity index is 1.65. The third kappa shape index (κ3) is 3.35. The summed E-state index contributed by atoms with van der Waals surface area (Å²) in [6.45, 7) is 7.51. The predicted molar refractivity (Wildman–Crippen MR) is 89.9 cm³/mol. The van der Waals surface area contributed by atoms with Crippen molar-refractivity contribution in [3.8, 4) is 0 Å². The quantitative estimate of drug-likeness (QED) is 0.857. The lowest BCUT2D eigenvalue weighted by atomic mass is 9.92. The van der Waals surface area contributed by atoms with E-state index in [1.165, 1.54) is 6.42 Å². The molecule has 0 saturated carbocycles. The van der Waals surface area contributed by atoms with Gasteiger partial charge in [-0.25, -0.2) is 4.98 Å². The topological polar surface area (TPSA) is 36.4 Å². The van der Waals surface area contributed by atoms with E-state index in [1.54, 1.807) is 11.3 Å². The molecule has 0 radical (unpaired) electrons. The third-order valence-corrected chi connectivity index (χ3v) is 6.01. The van der Waals surface area contributed by atoms with Gasteiger partial charge in [-0.2, -0.15) is 0 Å². The molecule has 2 aliphatic rings. The minimum absolute atomic E-state index is 0.218. The van der Waals surface area contributed by atoms with E-state index in [1.807, 2.05) is 11.6 Å². The molecule has 2 saturated heterocycles. The molecule has 3 heterocycles. The van der Waals surface area contributed by atoms with Crippen molar-refractivity contribution in [3.63, 3.8) is 0 Å². The highest BCUT2D eigenvalue weighted by molar-refractivity contribution is 7.09. The Morgan fingerprint density at radius 1 is 1.23 bits per heavy atom. The molecule has 0 aromatic carbocycles. The molecule has 0 aliphatic carbocycles. The molecule has 1 aromatic rings. The van der Waals surface area contributed by atoms with Crippen LogP contribution in [0, 0.1) is 5.92 Å². The van der Waals surface area contributed by atoms with Crippen LogP contribution in [0.2, 0.25) is 0 Å². The van der Waals surface area contributed by atoms with Gasteiger partial charge in [0.05, 0.1) is 6.04 Å². The second-order valence-electron chi connectivity index (χ2n) is 6.82.